The molecule has 0 spiro atoms. The first-order chi connectivity index (χ1) is 9.45. The van der Waals surface area contributed by atoms with Crippen molar-refractivity contribution in [1.29, 1.82) is 0 Å². The van der Waals surface area contributed by atoms with Crippen molar-refractivity contribution < 1.29 is 9.53 Å². The highest BCUT2D eigenvalue weighted by molar-refractivity contribution is 5.80. The summed E-state index contributed by atoms with van der Waals surface area (Å²) in [6.07, 6.45) is 0.418. The molecular formula is C16H24N2O2. The predicted octanol–water partition coefficient (Wildman–Crippen LogP) is 1.86. The van der Waals surface area contributed by atoms with Gasteiger partial charge in [-0.3, -0.25) is 4.79 Å². The lowest BCUT2D eigenvalue weighted by molar-refractivity contribution is -0.129. The van der Waals surface area contributed by atoms with Gasteiger partial charge in [0.15, 0.2) is 0 Å². The Kier molecular flexibility index (Phi) is 4.45. The van der Waals surface area contributed by atoms with Crippen LogP contribution in [0.5, 0.6) is 0 Å². The second-order valence-corrected chi connectivity index (χ2v) is 5.71. The second-order valence-electron chi connectivity index (χ2n) is 5.71. The minimum atomic E-state index is -0.139. The number of carbonyl (C=O) groups is 1. The van der Waals surface area contributed by atoms with E-state index in [0.29, 0.717) is 19.6 Å². The summed E-state index contributed by atoms with van der Waals surface area (Å²) in [6.45, 7) is 7.42. The van der Waals surface area contributed by atoms with Crippen molar-refractivity contribution in [3.05, 3.63) is 34.4 Å². The molecule has 0 aromatic heterocycles. The SMILES string of the molecule is COCCN1C(=O)CC(N)C1c1c(C)cc(C)cc1C. The van der Waals surface area contributed by atoms with Gasteiger partial charge in [0.1, 0.15) is 0 Å². The van der Waals surface area contributed by atoms with Crippen molar-refractivity contribution in [3.8, 4) is 0 Å². The van der Waals surface area contributed by atoms with Crippen molar-refractivity contribution >= 4 is 5.91 Å². The summed E-state index contributed by atoms with van der Waals surface area (Å²) < 4.78 is 5.12. The first kappa shape index (κ1) is 15.0. The van der Waals surface area contributed by atoms with Gasteiger partial charge in [0.25, 0.3) is 0 Å². The van der Waals surface area contributed by atoms with Crippen LogP contribution in [0.3, 0.4) is 0 Å². The van der Waals surface area contributed by atoms with E-state index in [2.05, 4.69) is 32.9 Å². The number of ether oxygens (including phenoxy) is 1. The van der Waals surface area contributed by atoms with E-state index in [1.165, 1.54) is 22.3 Å². The molecular weight excluding hydrogens is 252 g/mol. The van der Waals surface area contributed by atoms with Crippen LogP contribution in [0.25, 0.3) is 0 Å². The fraction of sp³-hybridized carbons (Fsp3) is 0.562. The number of amides is 1. The Hall–Kier alpha value is -1.39. The van der Waals surface area contributed by atoms with E-state index in [1.54, 1.807) is 7.11 Å². The number of hydrogen-bond acceptors (Lipinski definition) is 3. The molecule has 1 saturated heterocycles. The lowest BCUT2D eigenvalue weighted by Crippen LogP contribution is -2.36. The van der Waals surface area contributed by atoms with Gasteiger partial charge in [-0.1, -0.05) is 17.7 Å². The minimum absolute atomic E-state index is 0.0294. The molecule has 110 valence electrons. The summed E-state index contributed by atoms with van der Waals surface area (Å²) in [5.74, 6) is 0.124. The number of methoxy groups -OCH3 is 1. The molecule has 1 amide bonds. The number of nitrogens with two attached hydrogens (primary N) is 1. The molecule has 0 aliphatic carbocycles. The third-order valence-electron chi connectivity index (χ3n) is 4.04. The molecule has 2 atom stereocenters. The van der Waals surface area contributed by atoms with Crippen LogP contribution in [0.2, 0.25) is 0 Å². The Bertz CT molecular complexity index is 490. The van der Waals surface area contributed by atoms with Gasteiger partial charge in [0.05, 0.1) is 12.6 Å². The summed E-state index contributed by atoms with van der Waals surface area (Å²) in [4.78, 5) is 14.0. The maximum atomic E-state index is 12.2. The Morgan fingerprint density at radius 1 is 1.30 bits per heavy atom. The van der Waals surface area contributed by atoms with E-state index < -0.39 is 0 Å². The Morgan fingerprint density at radius 2 is 1.90 bits per heavy atom. The highest BCUT2D eigenvalue weighted by Gasteiger charge is 2.39. The minimum Gasteiger partial charge on any atom is -0.383 e. The Balaban J connectivity index is 2.40. The molecule has 20 heavy (non-hydrogen) atoms. The van der Waals surface area contributed by atoms with E-state index in [9.17, 15) is 4.79 Å². The number of aryl methyl sites for hydroxylation is 3. The summed E-state index contributed by atoms with van der Waals surface area (Å²) in [5.41, 5.74) is 11.1. The number of hydrogen-bond donors (Lipinski definition) is 1. The Morgan fingerprint density at radius 3 is 2.45 bits per heavy atom. The van der Waals surface area contributed by atoms with Gasteiger partial charge in [0, 0.05) is 26.1 Å². The molecule has 2 rings (SSSR count). The number of benzene rings is 1. The third-order valence-corrected chi connectivity index (χ3v) is 4.04. The third kappa shape index (κ3) is 2.72. The van der Waals surface area contributed by atoms with E-state index in [0.717, 1.165) is 0 Å². The molecule has 1 aliphatic heterocycles. The van der Waals surface area contributed by atoms with Crippen molar-refractivity contribution in [2.45, 2.75) is 39.3 Å². The standard InChI is InChI=1S/C16H24N2O2/c1-10-7-11(2)15(12(3)8-10)16-13(17)9-14(19)18(16)5-6-20-4/h7-8,13,16H,5-6,9,17H2,1-4H3. The second kappa shape index (κ2) is 5.94. The molecule has 1 aliphatic rings. The van der Waals surface area contributed by atoms with Gasteiger partial charge in [-0.05, 0) is 37.5 Å². The van der Waals surface area contributed by atoms with Crippen LogP contribution in [0.1, 0.15) is 34.7 Å². The van der Waals surface area contributed by atoms with Crippen LogP contribution in [0.4, 0.5) is 0 Å². The van der Waals surface area contributed by atoms with Crippen LogP contribution in [-0.4, -0.2) is 37.1 Å². The van der Waals surface area contributed by atoms with Crippen molar-refractivity contribution in [3.63, 3.8) is 0 Å². The van der Waals surface area contributed by atoms with Gasteiger partial charge in [-0.25, -0.2) is 0 Å². The molecule has 1 heterocycles. The zero-order valence-corrected chi connectivity index (χ0v) is 12.8. The Labute approximate surface area is 120 Å². The summed E-state index contributed by atoms with van der Waals surface area (Å²) in [7, 11) is 1.65. The van der Waals surface area contributed by atoms with Gasteiger partial charge in [-0.15, -0.1) is 0 Å². The number of nitrogens with zero attached hydrogens (tertiary/aromatic N) is 1. The molecule has 0 radical (unpaired) electrons. The zero-order valence-electron chi connectivity index (χ0n) is 12.8. The maximum Gasteiger partial charge on any atom is 0.224 e. The fourth-order valence-electron chi connectivity index (χ4n) is 3.30. The molecule has 1 aromatic rings. The van der Waals surface area contributed by atoms with Gasteiger partial charge >= 0.3 is 0 Å². The molecule has 0 bridgehead atoms. The topological polar surface area (TPSA) is 55.6 Å². The van der Waals surface area contributed by atoms with Crippen LogP contribution in [-0.2, 0) is 9.53 Å². The largest absolute Gasteiger partial charge is 0.383 e. The highest BCUT2D eigenvalue weighted by Crippen LogP contribution is 2.35. The van der Waals surface area contributed by atoms with Crippen molar-refractivity contribution in [2.75, 3.05) is 20.3 Å². The van der Waals surface area contributed by atoms with Crippen molar-refractivity contribution in [1.82, 2.24) is 4.90 Å². The lowest BCUT2D eigenvalue weighted by Gasteiger charge is -2.30. The zero-order chi connectivity index (χ0) is 14.9. The van der Waals surface area contributed by atoms with Gasteiger partial charge in [-0.2, -0.15) is 0 Å². The summed E-state index contributed by atoms with van der Waals surface area (Å²) >= 11 is 0. The fourth-order valence-corrected chi connectivity index (χ4v) is 3.30. The number of carbonyl (C=O) groups excluding carboxylic acids is 1. The smallest absolute Gasteiger partial charge is 0.224 e. The predicted molar refractivity (Wildman–Crippen MR) is 79.6 cm³/mol. The average molecular weight is 276 g/mol. The summed E-state index contributed by atoms with van der Waals surface area (Å²) in [5, 5.41) is 0. The molecule has 0 saturated carbocycles. The van der Waals surface area contributed by atoms with Gasteiger partial charge in [0.2, 0.25) is 5.91 Å². The van der Waals surface area contributed by atoms with Crippen molar-refractivity contribution in [2.24, 2.45) is 5.73 Å². The molecule has 4 heteroatoms. The number of rotatable bonds is 4. The van der Waals surface area contributed by atoms with Crippen LogP contribution >= 0.6 is 0 Å². The first-order valence-corrected chi connectivity index (χ1v) is 7.07. The monoisotopic (exact) mass is 276 g/mol. The molecule has 2 unspecified atom stereocenters. The van der Waals surface area contributed by atoms with E-state index >= 15 is 0 Å². The summed E-state index contributed by atoms with van der Waals surface area (Å²) in [6, 6.07) is 4.15. The molecule has 1 fully saturated rings. The molecule has 4 nitrogen and oxygen atoms in total. The van der Waals surface area contributed by atoms with E-state index in [4.69, 9.17) is 10.5 Å². The van der Waals surface area contributed by atoms with Gasteiger partial charge < -0.3 is 15.4 Å². The van der Waals surface area contributed by atoms with Crippen LogP contribution < -0.4 is 5.73 Å². The first-order valence-electron chi connectivity index (χ1n) is 7.07. The quantitative estimate of drug-likeness (QED) is 0.913. The van der Waals surface area contributed by atoms with E-state index in [1.807, 2.05) is 4.90 Å². The average Bonchev–Trinajstić information content (AvgIpc) is 2.61. The van der Waals surface area contributed by atoms with Crippen LogP contribution in [0, 0.1) is 20.8 Å². The highest BCUT2D eigenvalue weighted by atomic mass is 16.5. The normalized spacial score (nSPS) is 22.6. The number of likely N-dealkylation sites (tertiary alicyclic amines) is 1. The lowest BCUT2D eigenvalue weighted by atomic mass is 9.91. The van der Waals surface area contributed by atoms with Crippen LogP contribution in [0.15, 0.2) is 12.1 Å². The molecule has 1 aromatic carbocycles. The maximum absolute atomic E-state index is 12.2. The molecule has 2 N–H and O–H groups in total. The van der Waals surface area contributed by atoms with E-state index in [-0.39, 0.29) is 18.0 Å².